The number of nitrogens with zero attached hydrogens (tertiary/aromatic N) is 3. The van der Waals surface area contributed by atoms with E-state index in [-0.39, 0.29) is 23.9 Å². The van der Waals surface area contributed by atoms with Crippen LogP contribution in [0.2, 0.25) is 0 Å². The van der Waals surface area contributed by atoms with Crippen LogP contribution in [0.4, 0.5) is 0 Å². The number of H-pyrrole nitrogens is 1. The van der Waals surface area contributed by atoms with Crippen LogP contribution in [0.25, 0.3) is 10.2 Å². The first kappa shape index (κ1) is 16.3. The van der Waals surface area contributed by atoms with Gasteiger partial charge in [-0.05, 0) is 26.3 Å². The van der Waals surface area contributed by atoms with E-state index in [0.717, 1.165) is 10.4 Å². The summed E-state index contributed by atoms with van der Waals surface area (Å²) >= 11 is 1.49. The average molecular weight is 347 g/mol. The van der Waals surface area contributed by atoms with E-state index in [9.17, 15) is 9.59 Å². The summed E-state index contributed by atoms with van der Waals surface area (Å²) in [5.74, 6) is 0.755. The molecule has 0 fully saturated rings. The number of nitrogens with one attached hydrogen (secondary N) is 2. The zero-order valence-electron chi connectivity index (χ0n) is 13.5. The van der Waals surface area contributed by atoms with E-state index >= 15 is 0 Å². The molecule has 1 amide bonds. The highest BCUT2D eigenvalue weighted by molar-refractivity contribution is 7.18. The third-order valence-electron chi connectivity index (χ3n) is 3.82. The molecule has 3 heterocycles. The Morgan fingerprint density at radius 2 is 2.25 bits per heavy atom. The van der Waals surface area contributed by atoms with Gasteiger partial charge in [-0.1, -0.05) is 5.16 Å². The number of hydrogen-bond donors (Lipinski definition) is 2. The normalized spacial score (nSPS) is 12.5. The Bertz CT molecular complexity index is 929. The lowest BCUT2D eigenvalue weighted by molar-refractivity contribution is -0.121. The molecule has 1 atom stereocenters. The molecule has 0 radical (unpaired) electrons. The fraction of sp³-hybridized carbons (Fsp3) is 0.400. The molecule has 0 spiro atoms. The molecule has 0 bridgehead atoms. The minimum absolute atomic E-state index is 0.155. The Labute approximate surface area is 141 Å². The maximum absolute atomic E-state index is 12.2. The number of fused-ring (bicyclic) bond motifs is 1. The van der Waals surface area contributed by atoms with Gasteiger partial charge in [0.05, 0.1) is 11.4 Å². The second-order valence-electron chi connectivity index (χ2n) is 5.55. The number of thiophene rings is 1. The van der Waals surface area contributed by atoms with Crippen LogP contribution < -0.4 is 10.9 Å². The van der Waals surface area contributed by atoms with Gasteiger partial charge in [-0.2, -0.15) is 4.98 Å². The van der Waals surface area contributed by atoms with Crippen molar-refractivity contribution < 1.29 is 9.32 Å². The predicted molar refractivity (Wildman–Crippen MR) is 88.9 cm³/mol. The molecular weight excluding hydrogens is 330 g/mol. The molecule has 3 aromatic heterocycles. The summed E-state index contributed by atoms with van der Waals surface area (Å²) in [6, 6.07) is -0.340. The Kier molecular flexibility index (Phi) is 4.43. The lowest BCUT2D eigenvalue weighted by Gasteiger charge is -2.09. The quantitative estimate of drug-likeness (QED) is 0.727. The van der Waals surface area contributed by atoms with Gasteiger partial charge in [0.1, 0.15) is 10.7 Å². The number of rotatable bonds is 5. The largest absolute Gasteiger partial charge is 0.346 e. The molecule has 9 heteroatoms. The summed E-state index contributed by atoms with van der Waals surface area (Å²) in [5.41, 5.74) is 0.805. The first-order valence-electron chi connectivity index (χ1n) is 7.50. The van der Waals surface area contributed by atoms with Crippen molar-refractivity contribution in [1.29, 1.82) is 0 Å². The summed E-state index contributed by atoms with van der Waals surface area (Å²) in [5, 5.41) is 7.10. The highest BCUT2D eigenvalue weighted by atomic mass is 32.1. The Balaban J connectivity index is 1.67. The molecule has 126 valence electrons. The minimum atomic E-state index is -0.340. The highest BCUT2D eigenvalue weighted by Crippen LogP contribution is 2.25. The van der Waals surface area contributed by atoms with Crippen LogP contribution >= 0.6 is 11.3 Å². The van der Waals surface area contributed by atoms with Crippen LogP contribution in [-0.4, -0.2) is 26.0 Å². The molecule has 2 N–H and O–H groups in total. The fourth-order valence-corrected chi connectivity index (χ4v) is 3.45. The van der Waals surface area contributed by atoms with Crippen molar-refractivity contribution in [2.75, 3.05) is 0 Å². The van der Waals surface area contributed by atoms with E-state index in [1.165, 1.54) is 17.7 Å². The lowest BCUT2D eigenvalue weighted by atomic mass is 10.2. The number of hydrogen-bond acceptors (Lipinski definition) is 7. The molecule has 1 unspecified atom stereocenters. The van der Waals surface area contributed by atoms with Gasteiger partial charge in [0.25, 0.3) is 5.56 Å². The van der Waals surface area contributed by atoms with E-state index in [4.69, 9.17) is 0 Å². The van der Waals surface area contributed by atoms with Crippen molar-refractivity contribution in [2.24, 2.45) is 0 Å². The Morgan fingerprint density at radius 3 is 2.96 bits per heavy atom. The highest BCUT2D eigenvalue weighted by Gasteiger charge is 2.15. The van der Waals surface area contributed by atoms with Crippen molar-refractivity contribution in [2.45, 2.75) is 39.7 Å². The molecule has 8 nitrogen and oxygen atoms in total. The summed E-state index contributed by atoms with van der Waals surface area (Å²) in [7, 11) is 0. The standard InChI is InChI=1S/C15H17N5O3S/c1-7-9(3)24-15-12(7)14(22)18-10(19-15)4-5-11(21)17-8(2)13-16-6-23-20-13/h6,8H,4-5H2,1-3H3,(H,17,21)(H,18,19,22). The van der Waals surface area contributed by atoms with Crippen molar-refractivity contribution in [3.8, 4) is 0 Å². The predicted octanol–water partition coefficient (Wildman–Crippen LogP) is 1.79. The third-order valence-corrected chi connectivity index (χ3v) is 4.92. The molecule has 0 saturated carbocycles. The van der Waals surface area contributed by atoms with Crippen LogP contribution in [0.5, 0.6) is 0 Å². The zero-order chi connectivity index (χ0) is 17.3. The number of carbonyl (C=O) groups is 1. The molecule has 0 aliphatic carbocycles. The molecule has 0 saturated heterocycles. The third kappa shape index (κ3) is 3.21. The number of carbonyl (C=O) groups excluding carboxylic acids is 1. The Morgan fingerprint density at radius 1 is 1.46 bits per heavy atom. The summed E-state index contributed by atoms with van der Waals surface area (Å²) in [4.78, 5) is 37.1. The first-order valence-corrected chi connectivity index (χ1v) is 8.32. The monoisotopic (exact) mass is 347 g/mol. The summed E-state index contributed by atoms with van der Waals surface area (Å²) in [6.07, 6.45) is 1.78. The van der Waals surface area contributed by atoms with Crippen LogP contribution in [0.1, 0.15) is 41.5 Å². The molecule has 3 aromatic rings. The van der Waals surface area contributed by atoms with Gasteiger partial charge in [-0.25, -0.2) is 4.98 Å². The van der Waals surface area contributed by atoms with Gasteiger partial charge in [0.15, 0.2) is 5.82 Å². The molecular formula is C15H17N5O3S. The van der Waals surface area contributed by atoms with Gasteiger partial charge in [-0.3, -0.25) is 9.59 Å². The first-order chi connectivity index (χ1) is 11.5. The van der Waals surface area contributed by atoms with Gasteiger partial charge in [-0.15, -0.1) is 11.3 Å². The molecule has 0 aliphatic heterocycles. The van der Waals surface area contributed by atoms with Gasteiger partial charge >= 0.3 is 0 Å². The number of aromatic nitrogens is 4. The second kappa shape index (κ2) is 6.52. The van der Waals surface area contributed by atoms with E-state index in [1.54, 1.807) is 6.92 Å². The van der Waals surface area contributed by atoms with Gasteiger partial charge in [0.2, 0.25) is 12.3 Å². The van der Waals surface area contributed by atoms with E-state index in [1.807, 2.05) is 13.8 Å². The van der Waals surface area contributed by atoms with Gasteiger partial charge < -0.3 is 14.8 Å². The van der Waals surface area contributed by atoms with Crippen molar-refractivity contribution in [3.05, 3.63) is 38.8 Å². The van der Waals surface area contributed by atoms with Crippen LogP contribution in [0.15, 0.2) is 15.7 Å². The van der Waals surface area contributed by atoms with Gasteiger partial charge in [0, 0.05) is 17.7 Å². The number of amides is 1. The summed E-state index contributed by atoms with van der Waals surface area (Å²) < 4.78 is 4.65. The van der Waals surface area contributed by atoms with E-state index in [2.05, 4.69) is 29.9 Å². The van der Waals surface area contributed by atoms with Crippen LogP contribution in [0, 0.1) is 13.8 Å². The fourth-order valence-electron chi connectivity index (χ4n) is 2.40. The molecule has 0 aromatic carbocycles. The van der Waals surface area contributed by atoms with Crippen molar-refractivity contribution in [3.63, 3.8) is 0 Å². The van der Waals surface area contributed by atoms with Crippen LogP contribution in [0.3, 0.4) is 0 Å². The smallest absolute Gasteiger partial charge is 0.259 e. The minimum Gasteiger partial charge on any atom is -0.346 e. The second-order valence-corrected chi connectivity index (χ2v) is 6.76. The van der Waals surface area contributed by atoms with Crippen LogP contribution in [-0.2, 0) is 11.2 Å². The molecule has 3 rings (SSSR count). The lowest BCUT2D eigenvalue weighted by Crippen LogP contribution is -2.27. The van der Waals surface area contributed by atoms with E-state index < -0.39 is 0 Å². The van der Waals surface area contributed by atoms with E-state index in [0.29, 0.717) is 28.3 Å². The molecule has 0 aliphatic rings. The number of aromatic amines is 1. The SMILES string of the molecule is Cc1sc2nc(CCC(=O)NC(C)c3ncon3)[nH]c(=O)c2c1C. The summed E-state index contributed by atoms with van der Waals surface area (Å²) in [6.45, 7) is 5.65. The maximum Gasteiger partial charge on any atom is 0.259 e. The van der Waals surface area contributed by atoms with Crippen molar-refractivity contribution >= 4 is 27.5 Å². The Hall–Kier alpha value is -2.55. The number of aryl methyl sites for hydroxylation is 3. The topological polar surface area (TPSA) is 114 Å². The average Bonchev–Trinajstić information content (AvgIpc) is 3.15. The maximum atomic E-state index is 12.2. The molecule has 24 heavy (non-hydrogen) atoms. The zero-order valence-corrected chi connectivity index (χ0v) is 14.4. The van der Waals surface area contributed by atoms with Crippen molar-refractivity contribution in [1.82, 2.24) is 25.4 Å².